The number of nitro groups is 1. The van der Waals surface area contributed by atoms with Crippen molar-refractivity contribution in [1.29, 1.82) is 0 Å². The maximum absolute atomic E-state index is 11.6. The topological polar surface area (TPSA) is 115 Å². The normalized spacial score (nSPS) is 10.8. The van der Waals surface area contributed by atoms with Crippen molar-refractivity contribution in [3.63, 3.8) is 0 Å². The Bertz CT molecular complexity index is 697. The van der Waals surface area contributed by atoms with E-state index in [1.165, 1.54) is 30.1 Å². The van der Waals surface area contributed by atoms with Gasteiger partial charge in [0.25, 0.3) is 11.6 Å². The number of carbonyl (C=O) groups excluding carboxylic acids is 1. The second-order valence-corrected chi connectivity index (χ2v) is 5.10. The van der Waals surface area contributed by atoms with Crippen LogP contribution in [0.25, 0.3) is 0 Å². The molecule has 1 aromatic heterocycles. The van der Waals surface area contributed by atoms with Gasteiger partial charge in [-0.3, -0.25) is 14.9 Å². The molecule has 0 spiro atoms. The zero-order chi connectivity index (χ0) is 15.9. The maximum Gasteiger partial charge on any atom is 0.269 e. The molecule has 0 unspecified atom stereocenters. The molecule has 0 saturated heterocycles. The Balaban J connectivity index is 1.80. The predicted octanol–water partition coefficient (Wildman–Crippen LogP) is 0.966. The van der Waals surface area contributed by atoms with Gasteiger partial charge in [-0.15, -0.1) is 10.2 Å². The number of nitrogens with one attached hydrogen (secondary N) is 1. The first-order valence-corrected chi connectivity index (χ1v) is 7.08. The van der Waals surface area contributed by atoms with E-state index in [2.05, 4.69) is 20.7 Å². The third-order valence-corrected chi connectivity index (χ3v) is 3.54. The van der Waals surface area contributed by atoms with Gasteiger partial charge in [0.05, 0.1) is 16.9 Å². The summed E-state index contributed by atoms with van der Waals surface area (Å²) in [4.78, 5) is 21.6. The van der Waals surface area contributed by atoms with Crippen LogP contribution in [0.4, 0.5) is 5.69 Å². The van der Waals surface area contributed by atoms with Gasteiger partial charge in [-0.25, -0.2) is 5.43 Å². The first-order valence-electron chi connectivity index (χ1n) is 6.09. The summed E-state index contributed by atoms with van der Waals surface area (Å²) in [6, 6.07) is 5.82. The van der Waals surface area contributed by atoms with Gasteiger partial charge in [0.1, 0.15) is 6.33 Å². The minimum Gasteiger partial charge on any atom is -0.312 e. The van der Waals surface area contributed by atoms with Crippen LogP contribution < -0.4 is 5.43 Å². The lowest BCUT2D eigenvalue weighted by molar-refractivity contribution is -0.384. The average molecular weight is 320 g/mol. The first kappa shape index (κ1) is 15.6. The summed E-state index contributed by atoms with van der Waals surface area (Å²) < 4.78 is 1.71. The molecule has 0 fully saturated rings. The smallest absolute Gasteiger partial charge is 0.269 e. The minimum atomic E-state index is -0.480. The van der Waals surface area contributed by atoms with E-state index >= 15 is 0 Å². The van der Waals surface area contributed by atoms with Gasteiger partial charge in [0.2, 0.25) is 0 Å². The summed E-state index contributed by atoms with van der Waals surface area (Å²) in [5.41, 5.74) is 3.02. The van der Waals surface area contributed by atoms with E-state index in [-0.39, 0.29) is 17.3 Å². The van der Waals surface area contributed by atoms with Gasteiger partial charge in [-0.2, -0.15) is 5.10 Å². The van der Waals surface area contributed by atoms with Crippen molar-refractivity contribution in [3.05, 3.63) is 46.3 Å². The molecule has 10 heteroatoms. The van der Waals surface area contributed by atoms with Crippen molar-refractivity contribution >= 4 is 29.6 Å². The van der Waals surface area contributed by atoms with Crippen LogP contribution in [0, 0.1) is 10.1 Å². The molecule has 0 aliphatic rings. The highest BCUT2D eigenvalue weighted by Gasteiger charge is 2.06. The monoisotopic (exact) mass is 320 g/mol. The minimum absolute atomic E-state index is 0.00117. The summed E-state index contributed by atoms with van der Waals surface area (Å²) >= 11 is 1.24. The highest BCUT2D eigenvalue weighted by atomic mass is 32.2. The van der Waals surface area contributed by atoms with Gasteiger partial charge in [0, 0.05) is 19.2 Å². The lowest BCUT2D eigenvalue weighted by Crippen LogP contribution is -2.19. The first-order chi connectivity index (χ1) is 10.6. The number of nitrogens with zero attached hydrogens (tertiary/aromatic N) is 5. The van der Waals surface area contributed by atoms with Crippen molar-refractivity contribution in [2.24, 2.45) is 12.1 Å². The van der Waals surface area contributed by atoms with Crippen LogP contribution in [0.5, 0.6) is 0 Å². The number of carbonyl (C=O) groups is 1. The third-order valence-electron chi connectivity index (χ3n) is 2.51. The molecule has 22 heavy (non-hydrogen) atoms. The number of nitro benzene ring substituents is 1. The number of hydrogen-bond acceptors (Lipinski definition) is 7. The lowest BCUT2D eigenvalue weighted by atomic mass is 10.2. The van der Waals surface area contributed by atoms with Crippen molar-refractivity contribution < 1.29 is 9.72 Å². The molecule has 2 rings (SSSR count). The van der Waals surface area contributed by atoms with Gasteiger partial charge < -0.3 is 4.57 Å². The zero-order valence-corrected chi connectivity index (χ0v) is 12.4. The summed E-state index contributed by atoms with van der Waals surface area (Å²) in [5.74, 6) is -0.129. The molecule has 1 heterocycles. The number of hydrogen-bond donors (Lipinski definition) is 1. The second-order valence-electron chi connectivity index (χ2n) is 4.15. The number of benzene rings is 1. The number of hydrazone groups is 1. The van der Waals surface area contributed by atoms with Gasteiger partial charge in [-0.1, -0.05) is 11.8 Å². The van der Waals surface area contributed by atoms with E-state index in [0.29, 0.717) is 10.7 Å². The molecule has 0 atom stereocenters. The van der Waals surface area contributed by atoms with Crippen molar-refractivity contribution in [1.82, 2.24) is 20.2 Å². The molecule has 1 N–H and O–H groups in total. The van der Waals surface area contributed by atoms with Crippen molar-refractivity contribution in [2.45, 2.75) is 5.16 Å². The van der Waals surface area contributed by atoms with Crippen LogP contribution in [0.3, 0.4) is 0 Å². The number of thioether (sulfide) groups is 1. The molecule has 9 nitrogen and oxygen atoms in total. The molecule has 0 bridgehead atoms. The van der Waals surface area contributed by atoms with E-state index in [0.717, 1.165) is 0 Å². The predicted molar refractivity (Wildman–Crippen MR) is 80.6 cm³/mol. The Labute approximate surface area is 129 Å². The molecular formula is C12H12N6O3S. The molecule has 0 radical (unpaired) electrons. The van der Waals surface area contributed by atoms with E-state index in [1.54, 1.807) is 30.1 Å². The van der Waals surface area contributed by atoms with Crippen LogP contribution in [0.15, 0.2) is 40.9 Å². The SMILES string of the molecule is Cn1cnnc1SCC(=O)N/N=C/c1ccc([N+](=O)[O-])cc1. The molecule has 1 aromatic carbocycles. The van der Waals surface area contributed by atoms with Crippen LogP contribution in [-0.2, 0) is 11.8 Å². The Morgan fingerprint density at radius 2 is 2.23 bits per heavy atom. The molecule has 0 aliphatic carbocycles. The molecule has 2 aromatic rings. The molecule has 0 aliphatic heterocycles. The number of aromatic nitrogens is 3. The molecule has 114 valence electrons. The van der Waals surface area contributed by atoms with Crippen LogP contribution in [0.1, 0.15) is 5.56 Å². The van der Waals surface area contributed by atoms with Crippen molar-refractivity contribution in [3.8, 4) is 0 Å². The lowest BCUT2D eigenvalue weighted by Gasteiger charge is -1.99. The second kappa shape index (κ2) is 7.31. The van der Waals surface area contributed by atoms with Crippen LogP contribution >= 0.6 is 11.8 Å². The fourth-order valence-corrected chi connectivity index (χ4v) is 2.11. The van der Waals surface area contributed by atoms with E-state index in [1.807, 2.05) is 0 Å². The van der Waals surface area contributed by atoms with E-state index in [9.17, 15) is 14.9 Å². The van der Waals surface area contributed by atoms with Crippen LogP contribution in [-0.4, -0.2) is 37.6 Å². The average Bonchev–Trinajstić information content (AvgIpc) is 2.91. The highest BCUT2D eigenvalue weighted by molar-refractivity contribution is 7.99. The number of aryl methyl sites for hydroxylation is 1. The number of rotatable bonds is 6. The summed E-state index contributed by atoms with van der Waals surface area (Å²) in [6.45, 7) is 0. The summed E-state index contributed by atoms with van der Waals surface area (Å²) in [6.07, 6.45) is 2.96. The van der Waals surface area contributed by atoms with Crippen LogP contribution in [0.2, 0.25) is 0 Å². The fourth-order valence-electron chi connectivity index (χ4n) is 1.43. The Kier molecular flexibility index (Phi) is 5.20. The fraction of sp³-hybridized carbons (Fsp3) is 0.167. The molecule has 0 saturated carbocycles. The maximum atomic E-state index is 11.6. The highest BCUT2D eigenvalue weighted by Crippen LogP contribution is 2.12. The largest absolute Gasteiger partial charge is 0.312 e. The number of amides is 1. The third kappa shape index (κ3) is 4.38. The van der Waals surface area contributed by atoms with E-state index < -0.39 is 4.92 Å². The summed E-state index contributed by atoms with van der Waals surface area (Å²) in [5, 5.41) is 22.5. The van der Waals surface area contributed by atoms with Crippen molar-refractivity contribution in [2.75, 3.05) is 5.75 Å². The Morgan fingerprint density at radius 3 is 2.82 bits per heavy atom. The van der Waals surface area contributed by atoms with Gasteiger partial charge in [0.15, 0.2) is 5.16 Å². The standard InChI is InChI=1S/C12H12N6O3S/c1-17-8-14-16-12(17)22-7-11(19)15-13-6-9-2-4-10(5-3-9)18(20)21/h2-6,8H,7H2,1H3,(H,15,19)/b13-6+. The van der Waals surface area contributed by atoms with Gasteiger partial charge >= 0.3 is 0 Å². The Hall–Kier alpha value is -2.75. The Morgan fingerprint density at radius 1 is 1.50 bits per heavy atom. The molecule has 1 amide bonds. The molecular weight excluding hydrogens is 308 g/mol. The van der Waals surface area contributed by atoms with E-state index in [4.69, 9.17) is 0 Å². The zero-order valence-electron chi connectivity index (χ0n) is 11.5. The quantitative estimate of drug-likeness (QED) is 0.367. The summed E-state index contributed by atoms with van der Waals surface area (Å²) in [7, 11) is 1.78. The van der Waals surface area contributed by atoms with Gasteiger partial charge in [-0.05, 0) is 17.7 Å². The number of non-ortho nitro benzene ring substituents is 1.